The van der Waals surface area contributed by atoms with Gasteiger partial charge in [0.25, 0.3) is 0 Å². The summed E-state index contributed by atoms with van der Waals surface area (Å²) >= 11 is 0. The van der Waals surface area contributed by atoms with Crippen molar-refractivity contribution in [2.75, 3.05) is 19.7 Å². The van der Waals surface area contributed by atoms with Crippen LogP contribution < -0.4 is 10.1 Å². The number of hydrogen-bond acceptors (Lipinski definition) is 3. The van der Waals surface area contributed by atoms with E-state index in [4.69, 9.17) is 4.74 Å². The van der Waals surface area contributed by atoms with E-state index in [0.717, 1.165) is 43.7 Å². The quantitative estimate of drug-likeness (QED) is 0.799. The third-order valence-corrected chi connectivity index (χ3v) is 5.55. The Morgan fingerprint density at radius 3 is 2.48 bits per heavy atom. The van der Waals surface area contributed by atoms with E-state index in [-0.39, 0.29) is 11.9 Å². The van der Waals surface area contributed by atoms with Crippen molar-refractivity contribution in [1.82, 2.24) is 10.2 Å². The number of amides is 1. The van der Waals surface area contributed by atoms with Gasteiger partial charge in [-0.3, -0.25) is 9.69 Å². The van der Waals surface area contributed by atoms with Crippen molar-refractivity contribution in [2.24, 2.45) is 0 Å². The first kappa shape index (κ1) is 19.4. The molecule has 3 rings (SSSR count). The summed E-state index contributed by atoms with van der Waals surface area (Å²) in [5.74, 6) is 0.983. The molecule has 0 unspecified atom stereocenters. The SMILES string of the molecule is C[C@H](NC(=O)[C@@]1(C)CCCCN1CCOc1ccccc1)c1ccccc1. The highest BCUT2D eigenvalue weighted by atomic mass is 16.5. The molecule has 0 bridgehead atoms. The lowest BCUT2D eigenvalue weighted by Crippen LogP contribution is -2.60. The molecule has 1 fully saturated rings. The maximum atomic E-state index is 13.2. The van der Waals surface area contributed by atoms with Gasteiger partial charge >= 0.3 is 0 Å². The van der Waals surface area contributed by atoms with Gasteiger partial charge in [0.05, 0.1) is 11.6 Å². The minimum absolute atomic E-state index is 0.000120. The molecule has 2 aromatic rings. The summed E-state index contributed by atoms with van der Waals surface area (Å²) in [7, 11) is 0. The molecule has 0 aliphatic carbocycles. The second-order valence-corrected chi connectivity index (χ2v) is 7.49. The molecule has 144 valence electrons. The standard InChI is InChI=1S/C23H30N2O2/c1-19(20-11-5-3-6-12-20)24-22(26)23(2)15-9-10-16-25(23)17-18-27-21-13-7-4-8-14-21/h3-8,11-14,19H,9-10,15-18H2,1-2H3,(H,24,26)/t19-,23+/m0/s1. The number of carbonyl (C=O) groups is 1. The molecule has 0 radical (unpaired) electrons. The fraction of sp³-hybridized carbons (Fsp3) is 0.435. The summed E-state index contributed by atoms with van der Waals surface area (Å²) in [6.45, 7) is 6.38. The van der Waals surface area contributed by atoms with Crippen molar-refractivity contribution in [3.63, 3.8) is 0 Å². The van der Waals surface area contributed by atoms with Gasteiger partial charge in [-0.05, 0) is 57.4 Å². The van der Waals surface area contributed by atoms with Gasteiger partial charge in [-0.15, -0.1) is 0 Å². The Morgan fingerprint density at radius 1 is 1.11 bits per heavy atom. The molecule has 27 heavy (non-hydrogen) atoms. The summed E-state index contributed by atoms with van der Waals surface area (Å²) in [6, 6.07) is 20.0. The average Bonchev–Trinajstić information content (AvgIpc) is 2.71. The van der Waals surface area contributed by atoms with Crippen molar-refractivity contribution < 1.29 is 9.53 Å². The van der Waals surface area contributed by atoms with Crippen molar-refractivity contribution >= 4 is 5.91 Å². The molecule has 1 N–H and O–H groups in total. The Morgan fingerprint density at radius 2 is 1.78 bits per heavy atom. The molecule has 1 amide bonds. The zero-order chi connectivity index (χ0) is 19.1. The van der Waals surface area contributed by atoms with E-state index in [0.29, 0.717) is 6.61 Å². The molecule has 0 saturated carbocycles. The number of likely N-dealkylation sites (tertiary alicyclic amines) is 1. The first-order valence-electron chi connectivity index (χ1n) is 9.88. The van der Waals surface area contributed by atoms with Crippen LogP contribution in [0.5, 0.6) is 5.75 Å². The zero-order valence-corrected chi connectivity index (χ0v) is 16.4. The second-order valence-electron chi connectivity index (χ2n) is 7.49. The number of para-hydroxylation sites is 1. The van der Waals surface area contributed by atoms with E-state index in [1.54, 1.807) is 0 Å². The summed E-state index contributed by atoms with van der Waals surface area (Å²) in [5.41, 5.74) is 0.644. The Bertz CT molecular complexity index is 720. The van der Waals surface area contributed by atoms with Gasteiger partial charge in [-0.1, -0.05) is 48.5 Å². The minimum atomic E-state index is -0.485. The largest absolute Gasteiger partial charge is 0.492 e. The first-order valence-corrected chi connectivity index (χ1v) is 9.88. The zero-order valence-electron chi connectivity index (χ0n) is 16.4. The summed E-state index contributed by atoms with van der Waals surface area (Å²) < 4.78 is 5.86. The molecule has 1 saturated heterocycles. The van der Waals surface area contributed by atoms with E-state index in [9.17, 15) is 4.79 Å². The normalized spacial score (nSPS) is 21.4. The van der Waals surface area contributed by atoms with Crippen LogP contribution in [0.3, 0.4) is 0 Å². The maximum absolute atomic E-state index is 13.2. The van der Waals surface area contributed by atoms with Gasteiger partial charge < -0.3 is 10.1 Å². The molecule has 4 nitrogen and oxygen atoms in total. The molecule has 1 aliphatic heterocycles. The van der Waals surface area contributed by atoms with Crippen molar-refractivity contribution in [3.05, 3.63) is 66.2 Å². The van der Waals surface area contributed by atoms with Gasteiger partial charge in [0.1, 0.15) is 12.4 Å². The number of carbonyl (C=O) groups excluding carboxylic acids is 1. The van der Waals surface area contributed by atoms with Crippen LogP contribution in [0.15, 0.2) is 60.7 Å². The number of nitrogens with zero attached hydrogens (tertiary/aromatic N) is 1. The number of rotatable bonds is 7. The van der Waals surface area contributed by atoms with Crippen LogP contribution >= 0.6 is 0 Å². The van der Waals surface area contributed by atoms with Crippen molar-refractivity contribution in [2.45, 2.75) is 44.7 Å². The van der Waals surface area contributed by atoms with Crippen LogP contribution in [-0.4, -0.2) is 36.0 Å². The smallest absolute Gasteiger partial charge is 0.240 e. The molecule has 0 spiro atoms. The topological polar surface area (TPSA) is 41.6 Å². The fourth-order valence-corrected chi connectivity index (χ4v) is 3.76. The number of ether oxygens (including phenoxy) is 1. The van der Waals surface area contributed by atoms with E-state index in [1.807, 2.05) is 55.5 Å². The first-order chi connectivity index (χ1) is 13.1. The van der Waals surface area contributed by atoms with Crippen LogP contribution in [0.1, 0.15) is 44.7 Å². The second kappa shape index (κ2) is 9.05. The van der Waals surface area contributed by atoms with E-state index < -0.39 is 5.54 Å². The Balaban J connectivity index is 1.60. The lowest BCUT2D eigenvalue weighted by atomic mass is 9.87. The van der Waals surface area contributed by atoms with E-state index in [1.165, 1.54) is 0 Å². The molecule has 1 heterocycles. The third kappa shape index (κ3) is 4.89. The summed E-state index contributed by atoms with van der Waals surface area (Å²) in [6.07, 6.45) is 3.09. The van der Waals surface area contributed by atoms with Crippen LogP contribution in [0.4, 0.5) is 0 Å². The monoisotopic (exact) mass is 366 g/mol. The van der Waals surface area contributed by atoms with Crippen molar-refractivity contribution in [3.8, 4) is 5.75 Å². The predicted octanol–water partition coefficient (Wildman–Crippen LogP) is 4.19. The van der Waals surface area contributed by atoms with Gasteiger partial charge in [-0.25, -0.2) is 0 Å². The third-order valence-electron chi connectivity index (χ3n) is 5.55. The van der Waals surface area contributed by atoms with Crippen LogP contribution in [0, 0.1) is 0 Å². The molecule has 0 aromatic heterocycles. The minimum Gasteiger partial charge on any atom is -0.492 e. The molecule has 1 aliphatic rings. The van der Waals surface area contributed by atoms with Gasteiger partial charge in [0.2, 0.25) is 5.91 Å². The van der Waals surface area contributed by atoms with Gasteiger partial charge in [0, 0.05) is 6.54 Å². The lowest BCUT2D eigenvalue weighted by Gasteiger charge is -2.44. The van der Waals surface area contributed by atoms with Gasteiger partial charge in [0.15, 0.2) is 0 Å². The van der Waals surface area contributed by atoms with Crippen molar-refractivity contribution in [1.29, 1.82) is 0 Å². The Hall–Kier alpha value is -2.33. The lowest BCUT2D eigenvalue weighted by molar-refractivity contribution is -0.136. The molecular weight excluding hydrogens is 336 g/mol. The van der Waals surface area contributed by atoms with E-state index in [2.05, 4.69) is 29.3 Å². The summed E-state index contributed by atoms with van der Waals surface area (Å²) in [5, 5.41) is 3.22. The molecule has 4 heteroatoms. The van der Waals surface area contributed by atoms with Crippen LogP contribution in [0.2, 0.25) is 0 Å². The van der Waals surface area contributed by atoms with Crippen LogP contribution in [0.25, 0.3) is 0 Å². The average molecular weight is 367 g/mol. The Labute approximate surface area is 162 Å². The summed E-state index contributed by atoms with van der Waals surface area (Å²) in [4.78, 5) is 15.4. The number of nitrogens with one attached hydrogen (secondary N) is 1. The molecule has 2 aromatic carbocycles. The highest BCUT2D eigenvalue weighted by Crippen LogP contribution is 2.29. The van der Waals surface area contributed by atoms with E-state index >= 15 is 0 Å². The number of hydrogen-bond donors (Lipinski definition) is 1. The predicted molar refractivity (Wildman–Crippen MR) is 109 cm³/mol. The highest BCUT2D eigenvalue weighted by molar-refractivity contribution is 5.86. The Kier molecular flexibility index (Phi) is 6.51. The maximum Gasteiger partial charge on any atom is 0.240 e. The van der Waals surface area contributed by atoms with Crippen LogP contribution in [-0.2, 0) is 4.79 Å². The van der Waals surface area contributed by atoms with Gasteiger partial charge in [-0.2, -0.15) is 0 Å². The highest BCUT2D eigenvalue weighted by Gasteiger charge is 2.41. The number of benzene rings is 2. The fourth-order valence-electron chi connectivity index (χ4n) is 3.76. The molecule has 2 atom stereocenters. The molecular formula is C23H30N2O2. The number of piperidine rings is 1.